The predicted molar refractivity (Wildman–Crippen MR) is 130 cm³/mol. The van der Waals surface area contributed by atoms with Crippen LogP contribution in [0.5, 0.6) is 5.75 Å². The molecule has 0 unspecified atom stereocenters. The van der Waals surface area contributed by atoms with Crippen molar-refractivity contribution in [3.05, 3.63) is 23.8 Å². The molecular weight excluding hydrogens is 436 g/mol. The number of benzene rings is 1. The number of methoxy groups -OCH3 is 1. The molecule has 9 heteroatoms. The molecule has 0 saturated heterocycles. The van der Waals surface area contributed by atoms with Crippen molar-refractivity contribution >= 4 is 23.4 Å². The minimum absolute atomic E-state index is 0.00289. The van der Waals surface area contributed by atoms with E-state index < -0.39 is 0 Å². The topological polar surface area (TPSA) is 91.4 Å². The highest BCUT2D eigenvalue weighted by Crippen LogP contribution is 2.31. The van der Waals surface area contributed by atoms with Gasteiger partial charge in [0, 0.05) is 44.8 Å². The summed E-state index contributed by atoms with van der Waals surface area (Å²) in [5, 5.41) is 2.90. The molecule has 9 nitrogen and oxygen atoms in total. The third-order valence-corrected chi connectivity index (χ3v) is 6.43. The number of rotatable bonds is 5. The van der Waals surface area contributed by atoms with E-state index in [1.54, 1.807) is 37.3 Å². The fourth-order valence-corrected chi connectivity index (χ4v) is 4.15. The second-order valence-corrected chi connectivity index (χ2v) is 9.86. The molecule has 188 valence electrons. The van der Waals surface area contributed by atoms with Crippen molar-refractivity contribution in [1.82, 2.24) is 14.7 Å². The maximum Gasteiger partial charge on any atom is 0.257 e. The molecular formula is C25H38N4O5. The van der Waals surface area contributed by atoms with Crippen molar-refractivity contribution in [2.24, 2.45) is 11.8 Å². The summed E-state index contributed by atoms with van der Waals surface area (Å²) in [6, 6.07) is 4.93. The van der Waals surface area contributed by atoms with Crippen LogP contribution in [0.4, 0.5) is 5.69 Å². The Balaban J connectivity index is 1.92. The number of nitrogens with zero attached hydrogens (tertiary/aromatic N) is 3. The molecule has 2 aliphatic rings. The van der Waals surface area contributed by atoms with Crippen molar-refractivity contribution in [3.8, 4) is 5.75 Å². The number of carbonyl (C=O) groups excluding carboxylic acids is 3. The van der Waals surface area contributed by atoms with Gasteiger partial charge in [-0.3, -0.25) is 14.4 Å². The summed E-state index contributed by atoms with van der Waals surface area (Å²) in [5.41, 5.74) is 0.943. The smallest absolute Gasteiger partial charge is 0.257 e. The lowest BCUT2D eigenvalue weighted by molar-refractivity contribution is -0.136. The minimum atomic E-state index is -0.252. The first kappa shape index (κ1) is 26.0. The van der Waals surface area contributed by atoms with Crippen molar-refractivity contribution in [2.45, 2.75) is 38.8 Å². The Hall–Kier alpha value is -2.65. The van der Waals surface area contributed by atoms with E-state index in [4.69, 9.17) is 9.47 Å². The number of carbonyl (C=O) groups is 3. The van der Waals surface area contributed by atoms with Crippen molar-refractivity contribution in [2.75, 3.05) is 59.8 Å². The molecule has 3 rings (SSSR count). The zero-order chi connectivity index (χ0) is 25.0. The summed E-state index contributed by atoms with van der Waals surface area (Å²) in [6.07, 6.45) is 1.55. The van der Waals surface area contributed by atoms with E-state index in [-0.39, 0.29) is 48.3 Å². The van der Waals surface area contributed by atoms with Gasteiger partial charge in [0.05, 0.1) is 24.3 Å². The van der Waals surface area contributed by atoms with Crippen LogP contribution >= 0.6 is 0 Å². The maximum atomic E-state index is 13.4. The molecule has 1 heterocycles. The quantitative estimate of drug-likeness (QED) is 0.701. The summed E-state index contributed by atoms with van der Waals surface area (Å²) in [7, 11) is 7.09. The summed E-state index contributed by atoms with van der Waals surface area (Å²) >= 11 is 0. The van der Waals surface area contributed by atoms with Crippen LogP contribution in [0, 0.1) is 11.8 Å². The van der Waals surface area contributed by atoms with Gasteiger partial charge in [-0.1, -0.05) is 6.92 Å². The molecule has 0 spiro atoms. The molecule has 1 aromatic carbocycles. The van der Waals surface area contributed by atoms with Crippen molar-refractivity contribution in [1.29, 1.82) is 0 Å². The summed E-state index contributed by atoms with van der Waals surface area (Å²) in [6.45, 7) is 5.37. The lowest BCUT2D eigenvalue weighted by Crippen LogP contribution is -2.50. The summed E-state index contributed by atoms with van der Waals surface area (Å²) in [4.78, 5) is 44.0. The van der Waals surface area contributed by atoms with Gasteiger partial charge in [0.25, 0.3) is 5.91 Å². The standard InChI is InChI=1S/C25H38N4O5/c1-16-12-29(23(30)14-27(3)4)17(2)15-34-21-10-9-19(26-24(31)18-7-8-18)11-20(21)25(32)28(5)13-22(16)33-6/h9-11,16-18,22H,7-8,12-15H2,1-6H3,(H,26,31)/t16-,17+,22-/m0/s1. The molecule has 1 fully saturated rings. The Morgan fingerprint density at radius 3 is 2.53 bits per heavy atom. The van der Waals surface area contributed by atoms with Crippen LogP contribution < -0.4 is 10.1 Å². The Labute approximate surface area is 202 Å². The van der Waals surface area contributed by atoms with E-state index in [0.29, 0.717) is 36.6 Å². The molecule has 1 N–H and O–H groups in total. The number of amides is 3. The van der Waals surface area contributed by atoms with Gasteiger partial charge in [-0.15, -0.1) is 0 Å². The van der Waals surface area contributed by atoms with E-state index in [2.05, 4.69) is 5.32 Å². The van der Waals surface area contributed by atoms with Crippen LogP contribution in [0.25, 0.3) is 0 Å². The van der Waals surface area contributed by atoms with Gasteiger partial charge in [0.1, 0.15) is 12.4 Å². The number of anilines is 1. The van der Waals surface area contributed by atoms with Gasteiger partial charge in [0.2, 0.25) is 11.8 Å². The lowest BCUT2D eigenvalue weighted by atomic mass is 10.0. The van der Waals surface area contributed by atoms with Gasteiger partial charge in [0.15, 0.2) is 0 Å². The van der Waals surface area contributed by atoms with E-state index in [1.807, 2.05) is 37.7 Å². The largest absolute Gasteiger partial charge is 0.491 e. The Bertz CT molecular complexity index is 901. The van der Waals surface area contributed by atoms with E-state index in [9.17, 15) is 14.4 Å². The number of hydrogen-bond donors (Lipinski definition) is 1. The predicted octanol–water partition coefficient (Wildman–Crippen LogP) is 1.93. The third kappa shape index (κ3) is 6.48. The number of nitrogens with one attached hydrogen (secondary N) is 1. The van der Waals surface area contributed by atoms with Crippen LogP contribution in [-0.4, -0.2) is 99.1 Å². The first-order chi connectivity index (χ1) is 16.1. The van der Waals surface area contributed by atoms with Gasteiger partial charge in [-0.05, 0) is 52.1 Å². The fraction of sp³-hybridized carbons (Fsp3) is 0.640. The second-order valence-electron chi connectivity index (χ2n) is 9.86. The second kappa shape index (κ2) is 11.2. The SMILES string of the molecule is CO[C@H]1CN(C)C(=O)c2cc(NC(=O)C3CC3)ccc2OC[C@@H](C)N(C(=O)CN(C)C)C[C@@H]1C. The molecule has 1 aliphatic heterocycles. The maximum absolute atomic E-state index is 13.4. The first-order valence-electron chi connectivity index (χ1n) is 11.9. The minimum Gasteiger partial charge on any atom is -0.491 e. The van der Waals surface area contributed by atoms with Gasteiger partial charge >= 0.3 is 0 Å². The highest BCUT2D eigenvalue weighted by atomic mass is 16.5. The highest BCUT2D eigenvalue weighted by molar-refractivity contribution is 6.00. The van der Waals surface area contributed by atoms with Crippen LogP contribution in [0.3, 0.4) is 0 Å². The van der Waals surface area contributed by atoms with E-state index in [1.165, 1.54) is 0 Å². The number of fused-ring (bicyclic) bond motifs is 1. The molecule has 1 aliphatic carbocycles. The Morgan fingerprint density at radius 2 is 1.91 bits per heavy atom. The molecule has 3 atom stereocenters. The fourth-order valence-electron chi connectivity index (χ4n) is 4.15. The average molecular weight is 475 g/mol. The van der Waals surface area contributed by atoms with E-state index in [0.717, 1.165) is 12.8 Å². The summed E-state index contributed by atoms with van der Waals surface area (Å²) < 4.78 is 11.8. The van der Waals surface area contributed by atoms with Gasteiger partial charge < -0.3 is 29.5 Å². The molecule has 1 aromatic rings. The molecule has 0 radical (unpaired) electrons. The number of ether oxygens (including phenoxy) is 2. The zero-order valence-corrected chi connectivity index (χ0v) is 21.2. The average Bonchev–Trinajstić information content (AvgIpc) is 3.63. The van der Waals surface area contributed by atoms with Gasteiger partial charge in [-0.25, -0.2) is 0 Å². The zero-order valence-electron chi connectivity index (χ0n) is 21.2. The van der Waals surface area contributed by atoms with Crippen LogP contribution in [-0.2, 0) is 14.3 Å². The monoisotopic (exact) mass is 474 g/mol. The highest BCUT2D eigenvalue weighted by Gasteiger charge is 2.32. The Morgan fingerprint density at radius 1 is 1.21 bits per heavy atom. The van der Waals surface area contributed by atoms with Crippen LogP contribution in [0.1, 0.15) is 37.0 Å². The first-order valence-corrected chi connectivity index (χ1v) is 11.9. The molecule has 1 saturated carbocycles. The van der Waals surface area contributed by atoms with E-state index >= 15 is 0 Å². The molecule has 0 bridgehead atoms. The van der Waals surface area contributed by atoms with Crippen LogP contribution in [0.2, 0.25) is 0 Å². The van der Waals surface area contributed by atoms with Crippen LogP contribution in [0.15, 0.2) is 18.2 Å². The lowest BCUT2D eigenvalue weighted by Gasteiger charge is -2.36. The molecule has 3 amide bonds. The van der Waals surface area contributed by atoms with Crippen molar-refractivity contribution in [3.63, 3.8) is 0 Å². The summed E-state index contributed by atoms with van der Waals surface area (Å²) in [5.74, 6) is 0.272. The number of hydrogen-bond acceptors (Lipinski definition) is 6. The molecule has 0 aromatic heterocycles. The van der Waals surface area contributed by atoms with Crippen molar-refractivity contribution < 1.29 is 23.9 Å². The Kier molecular flexibility index (Phi) is 8.54. The third-order valence-electron chi connectivity index (χ3n) is 6.43. The number of likely N-dealkylation sites (N-methyl/N-ethyl adjacent to an activating group) is 2. The normalized spacial score (nSPS) is 24.1. The molecule has 34 heavy (non-hydrogen) atoms. The van der Waals surface area contributed by atoms with Gasteiger partial charge in [-0.2, -0.15) is 0 Å².